The normalized spacial score (nSPS) is 10.7. The Balaban J connectivity index is 2.64. The predicted octanol–water partition coefficient (Wildman–Crippen LogP) is 2.56. The summed E-state index contributed by atoms with van der Waals surface area (Å²) >= 11 is 0. The van der Waals surface area contributed by atoms with Gasteiger partial charge in [0.1, 0.15) is 18.5 Å². The molecule has 0 fully saturated rings. The van der Waals surface area contributed by atoms with Crippen LogP contribution in [0.3, 0.4) is 0 Å². The first-order valence-corrected chi connectivity index (χ1v) is 5.00. The van der Waals surface area contributed by atoms with Crippen LogP contribution in [0.25, 0.3) is 0 Å². The third-order valence-electron chi connectivity index (χ3n) is 2.15. The van der Waals surface area contributed by atoms with Crippen LogP contribution in [0, 0.1) is 0 Å². The molecule has 0 saturated heterocycles. The molecule has 0 radical (unpaired) electrons. The van der Waals surface area contributed by atoms with E-state index in [2.05, 4.69) is 28.8 Å². The lowest BCUT2D eigenvalue weighted by Gasteiger charge is -2.12. The Morgan fingerprint density at radius 1 is 1.08 bits per heavy atom. The summed E-state index contributed by atoms with van der Waals surface area (Å²) in [6, 6.07) is 0. The molecule has 72 valence electrons. The van der Waals surface area contributed by atoms with Gasteiger partial charge in [-0.25, -0.2) is 15.0 Å². The summed E-state index contributed by atoms with van der Waals surface area (Å²) in [5.74, 6) is 1.48. The number of nitrogens with zero attached hydrogens (tertiary/aromatic N) is 3. The molecule has 1 aromatic heterocycles. The molecule has 0 saturated carbocycles. The van der Waals surface area contributed by atoms with Crippen molar-refractivity contribution in [2.24, 2.45) is 0 Å². The minimum absolute atomic E-state index is 0.526. The van der Waals surface area contributed by atoms with Crippen molar-refractivity contribution in [2.75, 3.05) is 0 Å². The van der Waals surface area contributed by atoms with Crippen molar-refractivity contribution in [3.63, 3.8) is 0 Å². The lowest BCUT2D eigenvalue weighted by Crippen LogP contribution is -2.04. The van der Waals surface area contributed by atoms with E-state index in [4.69, 9.17) is 0 Å². The van der Waals surface area contributed by atoms with Gasteiger partial charge < -0.3 is 0 Å². The minimum atomic E-state index is 0.526. The highest BCUT2D eigenvalue weighted by Gasteiger charge is 2.11. The molecule has 0 aliphatic carbocycles. The number of rotatable bonds is 5. The van der Waals surface area contributed by atoms with Crippen LogP contribution in [0.1, 0.15) is 51.3 Å². The Morgan fingerprint density at radius 2 is 1.62 bits per heavy atom. The number of hydrogen-bond acceptors (Lipinski definition) is 3. The maximum Gasteiger partial charge on any atom is 0.135 e. The Labute approximate surface area is 79.6 Å². The maximum absolute atomic E-state index is 4.19. The monoisotopic (exact) mass is 179 g/mol. The Morgan fingerprint density at radius 3 is 2.08 bits per heavy atom. The fourth-order valence-electron chi connectivity index (χ4n) is 1.56. The fourth-order valence-corrected chi connectivity index (χ4v) is 1.56. The third-order valence-corrected chi connectivity index (χ3v) is 2.15. The average Bonchev–Trinajstić information content (AvgIpc) is 2.19. The molecule has 0 bridgehead atoms. The number of aromatic nitrogens is 3. The molecule has 0 N–H and O–H groups in total. The molecule has 0 unspecified atom stereocenters. The van der Waals surface area contributed by atoms with E-state index in [0.29, 0.717) is 5.92 Å². The van der Waals surface area contributed by atoms with Crippen molar-refractivity contribution in [3.05, 3.63) is 18.5 Å². The van der Waals surface area contributed by atoms with Crippen LogP contribution in [0.5, 0.6) is 0 Å². The van der Waals surface area contributed by atoms with Crippen molar-refractivity contribution in [2.45, 2.75) is 45.4 Å². The van der Waals surface area contributed by atoms with Crippen molar-refractivity contribution >= 4 is 0 Å². The van der Waals surface area contributed by atoms with E-state index in [1.807, 2.05) is 0 Å². The largest absolute Gasteiger partial charge is 0.225 e. The lowest BCUT2D eigenvalue weighted by atomic mass is 9.98. The van der Waals surface area contributed by atoms with E-state index < -0.39 is 0 Å². The summed E-state index contributed by atoms with van der Waals surface area (Å²) in [6.07, 6.45) is 7.91. The predicted molar refractivity (Wildman–Crippen MR) is 52.4 cm³/mol. The molecule has 1 heterocycles. The average molecular weight is 179 g/mol. The van der Waals surface area contributed by atoms with Gasteiger partial charge in [0.25, 0.3) is 0 Å². The molecular weight excluding hydrogens is 162 g/mol. The summed E-state index contributed by atoms with van der Waals surface area (Å²) in [4.78, 5) is 12.2. The first-order valence-electron chi connectivity index (χ1n) is 5.00. The highest BCUT2D eigenvalue weighted by molar-refractivity contribution is 4.92. The molecule has 3 nitrogen and oxygen atoms in total. The van der Waals surface area contributed by atoms with Crippen LogP contribution in [-0.4, -0.2) is 15.0 Å². The van der Waals surface area contributed by atoms with Gasteiger partial charge in [-0.2, -0.15) is 0 Å². The quantitative estimate of drug-likeness (QED) is 0.697. The van der Waals surface area contributed by atoms with Crippen LogP contribution in [0.15, 0.2) is 12.7 Å². The summed E-state index contributed by atoms with van der Waals surface area (Å²) in [5.41, 5.74) is 0. The first kappa shape index (κ1) is 10.1. The molecule has 0 spiro atoms. The SMILES string of the molecule is CCCC(CCC)c1ncncn1. The van der Waals surface area contributed by atoms with E-state index >= 15 is 0 Å². The highest BCUT2D eigenvalue weighted by atomic mass is 15.0. The molecule has 0 aromatic carbocycles. The van der Waals surface area contributed by atoms with E-state index in [1.54, 1.807) is 12.7 Å². The van der Waals surface area contributed by atoms with Gasteiger partial charge >= 0.3 is 0 Å². The van der Waals surface area contributed by atoms with Crippen LogP contribution >= 0.6 is 0 Å². The highest BCUT2D eigenvalue weighted by Crippen LogP contribution is 2.22. The fraction of sp³-hybridized carbons (Fsp3) is 0.700. The lowest BCUT2D eigenvalue weighted by molar-refractivity contribution is 0.531. The van der Waals surface area contributed by atoms with E-state index in [9.17, 15) is 0 Å². The molecule has 3 heteroatoms. The van der Waals surface area contributed by atoms with Gasteiger partial charge in [-0.1, -0.05) is 26.7 Å². The topological polar surface area (TPSA) is 38.7 Å². The maximum atomic E-state index is 4.19. The Bertz CT molecular complexity index is 217. The molecule has 1 rings (SSSR count). The zero-order valence-electron chi connectivity index (χ0n) is 8.40. The third kappa shape index (κ3) is 3.09. The van der Waals surface area contributed by atoms with Gasteiger partial charge in [-0.3, -0.25) is 0 Å². The molecule has 0 amide bonds. The van der Waals surface area contributed by atoms with Gasteiger partial charge in [0.15, 0.2) is 0 Å². The van der Waals surface area contributed by atoms with E-state index in [0.717, 1.165) is 5.82 Å². The molecular formula is C10H17N3. The summed E-state index contributed by atoms with van der Waals surface area (Å²) in [7, 11) is 0. The zero-order valence-corrected chi connectivity index (χ0v) is 8.40. The summed E-state index contributed by atoms with van der Waals surface area (Å²) in [6.45, 7) is 4.40. The van der Waals surface area contributed by atoms with Crippen molar-refractivity contribution < 1.29 is 0 Å². The first-order chi connectivity index (χ1) is 6.38. The summed E-state index contributed by atoms with van der Waals surface area (Å²) < 4.78 is 0. The summed E-state index contributed by atoms with van der Waals surface area (Å²) in [5, 5.41) is 0. The Hall–Kier alpha value is -0.990. The molecule has 0 atom stereocenters. The number of hydrogen-bond donors (Lipinski definition) is 0. The molecule has 1 aromatic rings. The Kier molecular flexibility index (Phi) is 4.36. The van der Waals surface area contributed by atoms with Crippen LogP contribution in [0.2, 0.25) is 0 Å². The van der Waals surface area contributed by atoms with Crippen LogP contribution in [-0.2, 0) is 0 Å². The standard InChI is InChI=1S/C10H17N3/c1-3-5-9(6-4-2)10-12-7-11-8-13-10/h7-9H,3-6H2,1-2H3. The van der Waals surface area contributed by atoms with Gasteiger partial charge in [0.05, 0.1) is 0 Å². The van der Waals surface area contributed by atoms with E-state index in [1.165, 1.54) is 25.7 Å². The molecule has 0 aliphatic heterocycles. The van der Waals surface area contributed by atoms with Crippen molar-refractivity contribution in [3.8, 4) is 0 Å². The second-order valence-electron chi connectivity index (χ2n) is 3.27. The van der Waals surface area contributed by atoms with Gasteiger partial charge in [0.2, 0.25) is 0 Å². The van der Waals surface area contributed by atoms with Crippen molar-refractivity contribution in [1.82, 2.24) is 15.0 Å². The minimum Gasteiger partial charge on any atom is -0.225 e. The molecule has 13 heavy (non-hydrogen) atoms. The van der Waals surface area contributed by atoms with Gasteiger partial charge in [-0.05, 0) is 12.8 Å². The molecule has 0 aliphatic rings. The van der Waals surface area contributed by atoms with Crippen LogP contribution in [0.4, 0.5) is 0 Å². The van der Waals surface area contributed by atoms with Crippen molar-refractivity contribution in [1.29, 1.82) is 0 Å². The second-order valence-corrected chi connectivity index (χ2v) is 3.27. The smallest absolute Gasteiger partial charge is 0.135 e. The zero-order chi connectivity index (χ0) is 9.52. The van der Waals surface area contributed by atoms with Gasteiger partial charge in [0, 0.05) is 5.92 Å². The van der Waals surface area contributed by atoms with E-state index in [-0.39, 0.29) is 0 Å². The second kappa shape index (κ2) is 5.62. The van der Waals surface area contributed by atoms with Crippen LogP contribution < -0.4 is 0 Å². The van der Waals surface area contributed by atoms with Gasteiger partial charge in [-0.15, -0.1) is 0 Å².